The molecule has 0 saturated carbocycles. The number of phenols is 1. The van der Waals surface area contributed by atoms with Crippen LogP contribution in [-0.2, 0) is 6.54 Å². The van der Waals surface area contributed by atoms with Crippen molar-refractivity contribution < 1.29 is 5.11 Å². The normalized spacial score (nSPS) is 11.5. The minimum Gasteiger partial charge on any atom is -0.506 e. The highest BCUT2D eigenvalue weighted by Gasteiger charge is 2.13. The Kier molecular flexibility index (Phi) is 5.30. The van der Waals surface area contributed by atoms with Gasteiger partial charge in [-0.15, -0.1) is 5.11 Å². The standard InChI is InChI=1S/C19H18N4OS/c1-21-19(23-20)25-17-11-16(22-12-13-7-3-2-4-8-13)14-9-5-6-10-15(14)18(17)24/h2-11,20,22,24H,12H2,1H3. The molecular formula is C19H18N4OS. The van der Waals surface area contributed by atoms with E-state index in [-0.39, 0.29) is 5.75 Å². The smallest absolute Gasteiger partial charge is 0.208 e. The van der Waals surface area contributed by atoms with Crippen molar-refractivity contribution in [2.45, 2.75) is 11.4 Å². The Labute approximate surface area is 150 Å². The van der Waals surface area contributed by atoms with Crippen LogP contribution < -0.4 is 5.32 Å². The number of hydrogen-bond donors (Lipinski definition) is 3. The highest BCUT2D eigenvalue weighted by Crippen LogP contribution is 2.40. The highest BCUT2D eigenvalue weighted by atomic mass is 32.2. The number of phenolic OH excluding ortho intramolecular Hbond substituents is 1. The van der Waals surface area contributed by atoms with E-state index in [4.69, 9.17) is 5.53 Å². The van der Waals surface area contributed by atoms with Gasteiger partial charge in [-0.25, -0.2) is 5.53 Å². The summed E-state index contributed by atoms with van der Waals surface area (Å²) in [6.07, 6.45) is 0. The van der Waals surface area contributed by atoms with Crippen LogP contribution in [0.4, 0.5) is 5.69 Å². The van der Waals surface area contributed by atoms with Gasteiger partial charge in [0.2, 0.25) is 5.17 Å². The lowest BCUT2D eigenvalue weighted by Crippen LogP contribution is -2.00. The molecule has 0 fully saturated rings. The van der Waals surface area contributed by atoms with Gasteiger partial charge in [0, 0.05) is 30.1 Å². The Morgan fingerprint density at radius 1 is 1.08 bits per heavy atom. The maximum atomic E-state index is 10.6. The first kappa shape index (κ1) is 17.0. The lowest BCUT2D eigenvalue weighted by atomic mass is 10.1. The second-order valence-electron chi connectivity index (χ2n) is 5.38. The van der Waals surface area contributed by atoms with Crippen molar-refractivity contribution in [2.75, 3.05) is 12.4 Å². The zero-order valence-electron chi connectivity index (χ0n) is 13.7. The summed E-state index contributed by atoms with van der Waals surface area (Å²) < 4.78 is 0. The average molecular weight is 350 g/mol. The van der Waals surface area contributed by atoms with Crippen LogP contribution in [0.1, 0.15) is 5.56 Å². The van der Waals surface area contributed by atoms with E-state index in [1.807, 2.05) is 48.5 Å². The molecule has 0 radical (unpaired) electrons. The predicted octanol–water partition coefficient (Wildman–Crippen LogP) is 5.27. The van der Waals surface area contributed by atoms with Gasteiger partial charge in [-0.05, 0) is 23.4 Å². The van der Waals surface area contributed by atoms with Gasteiger partial charge < -0.3 is 10.4 Å². The summed E-state index contributed by atoms with van der Waals surface area (Å²) in [6.45, 7) is 0.678. The lowest BCUT2D eigenvalue weighted by molar-refractivity contribution is 0.469. The van der Waals surface area contributed by atoms with Crippen molar-refractivity contribution in [1.82, 2.24) is 0 Å². The number of anilines is 1. The van der Waals surface area contributed by atoms with E-state index in [1.165, 1.54) is 17.3 Å². The molecular weight excluding hydrogens is 332 g/mol. The molecule has 0 unspecified atom stereocenters. The average Bonchev–Trinajstić information content (AvgIpc) is 2.67. The van der Waals surface area contributed by atoms with E-state index in [0.29, 0.717) is 16.6 Å². The zero-order valence-corrected chi connectivity index (χ0v) is 14.5. The number of thioether (sulfide) groups is 1. The van der Waals surface area contributed by atoms with E-state index < -0.39 is 0 Å². The molecule has 3 rings (SSSR count). The first-order valence-electron chi connectivity index (χ1n) is 7.77. The first-order valence-corrected chi connectivity index (χ1v) is 8.59. The van der Waals surface area contributed by atoms with Crippen molar-refractivity contribution in [3.8, 4) is 5.75 Å². The van der Waals surface area contributed by atoms with Crippen LogP contribution in [0.5, 0.6) is 5.75 Å². The molecule has 0 aliphatic carbocycles. The number of benzene rings is 3. The molecule has 25 heavy (non-hydrogen) atoms. The van der Waals surface area contributed by atoms with Gasteiger partial charge in [0.15, 0.2) is 0 Å². The van der Waals surface area contributed by atoms with Gasteiger partial charge in [0.05, 0.1) is 4.90 Å². The molecule has 5 nitrogen and oxygen atoms in total. The number of nitrogens with one attached hydrogen (secondary N) is 2. The minimum atomic E-state index is 0.177. The van der Waals surface area contributed by atoms with Crippen LogP contribution in [0.15, 0.2) is 75.7 Å². The molecule has 3 aromatic carbocycles. The summed E-state index contributed by atoms with van der Waals surface area (Å²) in [7, 11) is 1.58. The van der Waals surface area contributed by atoms with Gasteiger partial charge >= 0.3 is 0 Å². The van der Waals surface area contributed by atoms with Gasteiger partial charge in [-0.2, -0.15) is 0 Å². The third-order valence-electron chi connectivity index (χ3n) is 3.80. The summed E-state index contributed by atoms with van der Waals surface area (Å²) in [5, 5.41) is 19.4. The second-order valence-corrected chi connectivity index (χ2v) is 6.38. The fourth-order valence-corrected chi connectivity index (χ4v) is 3.29. The number of aromatic hydroxyl groups is 1. The Morgan fingerprint density at radius 2 is 1.76 bits per heavy atom. The SMILES string of the molecule is CN=C(N=N)Sc1cc(NCc2ccccc2)c2ccccc2c1O. The van der Waals surface area contributed by atoms with Crippen molar-refractivity contribution in [2.24, 2.45) is 10.1 Å². The summed E-state index contributed by atoms with van der Waals surface area (Å²) in [5.74, 6) is 0.177. The largest absolute Gasteiger partial charge is 0.506 e. The molecule has 0 bridgehead atoms. The van der Waals surface area contributed by atoms with Gasteiger partial charge in [0.25, 0.3) is 0 Å². The van der Waals surface area contributed by atoms with Gasteiger partial charge in [-0.1, -0.05) is 54.6 Å². The topological polar surface area (TPSA) is 80.8 Å². The maximum Gasteiger partial charge on any atom is 0.208 e. The van der Waals surface area contributed by atoms with Gasteiger partial charge in [0.1, 0.15) is 5.75 Å². The molecule has 0 aliphatic rings. The van der Waals surface area contributed by atoms with Crippen molar-refractivity contribution in [3.63, 3.8) is 0 Å². The van der Waals surface area contributed by atoms with Gasteiger partial charge in [-0.3, -0.25) is 4.99 Å². The molecule has 0 spiro atoms. The molecule has 0 aliphatic heterocycles. The zero-order chi connectivity index (χ0) is 17.6. The van der Waals surface area contributed by atoms with E-state index in [1.54, 1.807) is 7.05 Å². The molecule has 0 amide bonds. The third kappa shape index (κ3) is 3.80. The molecule has 0 aromatic heterocycles. The van der Waals surface area contributed by atoms with Crippen LogP contribution in [0.3, 0.4) is 0 Å². The van der Waals surface area contributed by atoms with Crippen LogP contribution >= 0.6 is 11.8 Å². The van der Waals surface area contributed by atoms with Crippen LogP contribution in [0.25, 0.3) is 10.8 Å². The van der Waals surface area contributed by atoms with E-state index in [0.717, 1.165) is 16.5 Å². The summed E-state index contributed by atoms with van der Waals surface area (Å²) >= 11 is 1.17. The number of hydrogen-bond acceptors (Lipinski definition) is 5. The van der Waals surface area contributed by atoms with E-state index in [9.17, 15) is 5.11 Å². The molecule has 126 valence electrons. The van der Waals surface area contributed by atoms with E-state index >= 15 is 0 Å². The Morgan fingerprint density at radius 3 is 2.44 bits per heavy atom. The number of amidine groups is 1. The highest BCUT2D eigenvalue weighted by molar-refractivity contribution is 8.14. The van der Waals surface area contributed by atoms with Crippen molar-refractivity contribution in [1.29, 1.82) is 5.53 Å². The number of aliphatic imine (C=N–C) groups is 1. The molecule has 0 saturated heterocycles. The Hall–Kier alpha value is -2.86. The summed E-state index contributed by atoms with van der Waals surface area (Å²) in [4.78, 5) is 4.56. The monoisotopic (exact) mass is 350 g/mol. The third-order valence-corrected chi connectivity index (χ3v) is 4.78. The summed E-state index contributed by atoms with van der Waals surface area (Å²) in [5.41, 5.74) is 9.25. The number of rotatable bonds is 4. The number of nitrogens with zero attached hydrogens (tertiary/aromatic N) is 2. The number of fused-ring (bicyclic) bond motifs is 1. The summed E-state index contributed by atoms with van der Waals surface area (Å²) in [6, 6.07) is 19.7. The maximum absolute atomic E-state index is 10.6. The molecule has 0 atom stereocenters. The fourth-order valence-electron chi connectivity index (χ4n) is 2.57. The quantitative estimate of drug-likeness (QED) is 0.197. The molecule has 6 heteroatoms. The van der Waals surface area contributed by atoms with Crippen LogP contribution in [0.2, 0.25) is 0 Å². The van der Waals surface area contributed by atoms with Crippen LogP contribution in [0, 0.1) is 5.53 Å². The molecule has 3 aromatic rings. The lowest BCUT2D eigenvalue weighted by Gasteiger charge is -2.14. The Balaban J connectivity index is 2.01. The molecule has 0 heterocycles. The van der Waals surface area contributed by atoms with Crippen LogP contribution in [-0.4, -0.2) is 17.3 Å². The second kappa shape index (κ2) is 7.81. The van der Waals surface area contributed by atoms with Crippen molar-refractivity contribution >= 4 is 33.4 Å². The van der Waals surface area contributed by atoms with Crippen molar-refractivity contribution in [3.05, 3.63) is 66.2 Å². The first-order chi connectivity index (χ1) is 12.2. The Bertz CT molecular complexity index is 925. The van der Waals surface area contributed by atoms with E-state index in [2.05, 4.69) is 27.6 Å². The predicted molar refractivity (Wildman–Crippen MR) is 104 cm³/mol. The fraction of sp³-hybridized carbons (Fsp3) is 0.105. The minimum absolute atomic E-state index is 0.177. The molecule has 3 N–H and O–H groups in total.